The first-order valence-electron chi connectivity index (χ1n) is 11.3. The highest BCUT2D eigenvalue weighted by Gasteiger charge is 2.18. The molecule has 0 spiro atoms. The number of amides is 1. The molecule has 2 aromatic carbocycles. The van der Waals surface area contributed by atoms with Crippen molar-refractivity contribution in [1.82, 2.24) is 19.9 Å². The number of carbonyl (C=O) groups is 2. The number of rotatable bonds is 10. The Morgan fingerprint density at radius 3 is 2.50 bits per heavy atom. The van der Waals surface area contributed by atoms with Gasteiger partial charge in [-0.15, -0.1) is 11.3 Å². The Labute approximate surface area is 220 Å². The van der Waals surface area contributed by atoms with E-state index in [-0.39, 0.29) is 52.2 Å². The molecule has 3 N–H and O–H groups in total. The summed E-state index contributed by atoms with van der Waals surface area (Å²) in [6.45, 7) is 0.0430. The summed E-state index contributed by atoms with van der Waals surface area (Å²) in [6.07, 6.45) is 1.26. The van der Waals surface area contributed by atoms with Gasteiger partial charge < -0.3 is 10.1 Å². The van der Waals surface area contributed by atoms with E-state index in [1.807, 2.05) is 0 Å². The molecule has 0 bridgehead atoms. The summed E-state index contributed by atoms with van der Waals surface area (Å²) >= 11 is 1.09. The molecule has 0 atom stereocenters. The number of nitrogens with two attached hydrogens (primary N) is 1. The predicted molar refractivity (Wildman–Crippen MR) is 137 cm³/mol. The van der Waals surface area contributed by atoms with E-state index in [4.69, 9.17) is 9.88 Å². The molecule has 0 unspecified atom stereocenters. The molecular weight excluding hydrogens is 537 g/mol. The third-order valence-electron chi connectivity index (χ3n) is 5.46. The normalized spacial score (nSPS) is 11.4. The lowest BCUT2D eigenvalue weighted by Crippen LogP contribution is -2.32. The van der Waals surface area contributed by atoms with Gasteiger partial charge in [0.15, 0.2) is 5.65 Å². The van der Waals surface area contributed by atoms with Crippen molar-refractivity contribution in [2.45, 2.75) is 30.7 Å². The van der Waals surface area contributed by atoms with Crippen LogP contribution in [0.1, 0.15) is 28.8 Å². The number of benzene rings is 2. The molecule has 11 nitrogen and oxygen atoms in total. The van der Waals surface area contributed by atoms with Crippen molar-refractivity contribution in [3.05, 3.63) is 81.3 Å². The number of aryl methyl sites for hydroxylation is 1. The van der Waals surface area contributed by atoms with Gasteiger partial charge in [0.1, 0.15) is 10.5 Å². The van der Waals surface area contributed by atoms with Crippen molar-refractivity contribution < 1.29 is 27.1 Å². The monoisotopic (exact) mass is 559 g/mol. The SMILES string of the molecule is NS(=O)(=O)c1ccc(CCCC(=O)NCCn2c(OC(=O)c3ccc(F)cc3)nc3ncsc3c2=O)cc1. The molecule has 14 heteroatoms. The van der Waals surface area contributed by atoms with E-state index < -0.39 is 27.4 Å². The zero-order valence-corrected chi connectivity index (χ0v) is 21.4. The van der Waals surface area contributed by atoms with Crippen molar-refractivity contribution in [2.75, 3.05) is 6.54 Å². The highest BCUT2D eigenvalue weighted by atomic mass is 32.2. The molecule has 0 aliphatic heterocycles. The van der Waals surface area contributed by atoms with Crippen molar-refractivity contribution in [3.63, 3.8) is 0 Å². The molecule has 0 saturated heterocycles. The van der Waals surface area contributed by atoms with Crippen LogP contribution < -0.4 is 20.8 Å². The number of aromatic nitrogens is 3. The van der Waals surface area contributed by atoms with Gasteiger partial charge in [0.2, 0.25) is 15.9 Å². The van der Waals surface area contributed by atoms with E-state index in [1.165, 1.54) is 29.8 Å². The van der Waals surface area contributed by atoms with Crippen LogP contribution in [0.2, 0.25) is 0 Å². The number of hydrogen-bond acceptors (Lipinski definition) is 9. The number of hydrogen-bond donors (Lipinski definition) is 2. The molecule has 1 amide bonds. The van der Waals surface area contributed by atoms with Gasteiger partial charge in [0.05, 0.1) is 16.0 Å². The first kappa shape index (κ1) is 27.0. The number of halogens is 1. The van der Waals surface area contributed by atoms with Gasteiger partial charge in [-0.2, -0.15) is 4.98 Å². The molecule has 0 aliphatic carbocycles. The quantitative estimate of drug-likeness (QED) is 0.279. The molecular formula is C24H22FN5O6S2. The van der Waals surface area contributed by atoms with Crippen molar-refractivity contribution >= 4 is 43.6 Å². The highest BCUT2D eigenvalue weighted by molar-refractivity contribution is 7.89. The summed E-state index contributed by atoms with van der Waals surface area (Å²) in [5, 5.41) is 7.80. The second kappa shape index (κ2) is 11.6. The molecule has 0 saturated carbocycles. The van der Waals surface area contributed by atoms with Gasteiger partial charge in [-0.25, -0.2) is 27.7 Å². The van der Waals surface area contributed by atoms with Crippen molar-refractivity contribution in [3.8, 4) is 6.01 Å². The molecule has 2 heterocycles. The van der Waals surface area contributed by atoms with Gasteiger partial charge in [-0.05, 0) is 54.8 Å². The number of sulfonamides is 1. The maximum Gasteiger partial charge on any atom is 0.345 e. The summed E-state index contributed by atoms with van der Waals surface area (Å²) in [6, 6.07) is 10.5. The second-order valence-corrected chi connectivity index (χ2v) is 10.6. The lowest BCUT2D eigenvalue weighted by Gasteiger charge is -2.12. The number of fused-ring (bicyclic) bond motifs is 1. The number of primary sulfonamides is 1. The molecule has 38 heavy (non-hydrogen) atoms. The molecule has 0 fully saturated rings. The third kappa shape index (κ3) is 6.65. The van der Waals surface area contributed by atoms with Crippen LogP contribution in [-0.4, -0.2) is 41.4 Å². The number of carbonyl (C=O) groups excluding carboxylic acids is 2. The maximum atomic E-state index is 13.2. The van der Waals surface area contributed by atoms with Crippen LogP contribution in [0.3, 0.4) is 0 Å². The van der Waals surface area contributed by atoms with Crippen molar-refractivity contribution in [2.24, 2.45) is 5.14 Å². The van der Waals surface area contributed by atoms with Crippen LogP contribution in [0.15, 0.2) is 63.7 Å². The number of thiazole rings is 1. The number of ether oxygens (including phenoxy) is 1. The van der Waals surface area contributed by atoms with Crippen LogP contribution in [0.25, 0.3) is 10.3 Å². The van der Waals surface area contributed by atoms with E-state index in [2.05, 4.69) is 15.3 Å². The second-order valence-electron chi connectivity index (χ2n) is 8.15. The minimum Gasteiger partial charge on any atom is -0.388 e. The Bertz CT molecular complexity index is 1630. The zero-order valence-electron chi connectivity index (χ0n) is 19.8. The highest BCUT2D eigenvalue weighted by Crippen LogP contribution is 2.17. The minimum absolute atomic E-state index is 0.0166. The molecule has 2 aromatic heterocycles. The average Bonchev–Trinajstić information content (AvgIpc) is 3.35. The Kier molecular flexibility index (Phi) is 8.24. The molecule has 4 rings (SSSR count). The van der Waals surface area contributed by atoms with E-state index in [1.54, 1.807) is 12.1 Å². The van der Waals surface area contributed by atoms with Crippen LogP contribution in [0.5, 0.6) is 6.01 Å². The summed E-state index contributed by atoms with van der Waals surface area (Å²) in [7, 11) is -3.76. The Hall–Kier alpha value is -4.01. The van der Waals surface area contributed by atoms with E-state index in [0.29, 0.717) is 12.8 Å². The van der Waals surface area contributed by atoms with Crippen LogP contribution in [-0.2, 0) is 27.8 Å². The molecule has 198 valence electrons. The molecule has 0 aliphatic rings. The molecule has 4 aromatic rings. The lowest BCUT2D eigenvalue weighted by molar-refractivity contribution is -0.121. The van der Waals surface area contributed by atoms with Crippen LogP contribution in [0, 0.1) is 5.82 Å². The first-order valence-corrected chi connectivity index (χ1v) is 13.7. The van der Waals surface area contributed by atoms with Crippen molar-refractivity contribution in [1.29, 1.82) is 0 Å². The average molecular weight is 560 g/mol. The lowest BCUT2D eigenvalue weighted by atomic mass is 10.1. The summed E-state index contributed by atoms with van der Waals surface area (Å²) in [5.41, 5.74) is 2.02. The van der Waals surface area contributed by atoms with Gasteiger partial charge in [0.25, 0.3) is 5.56 Å². The fourth-order valence-electron chi connectivity index (χ4n) is 3.52. The smallest absolute Gasteiger partial charge is 0.345 e. The summed E-state index contributed by atoms with van der Waals surface area (Å²) < 4.78 is 42.6. The predicted octanol–water partition coefficient (Wildman–Crippen LogP) is 2.00. The fraction of sp³-hybridized carbons (Fsp3) is 0.208. The van der Waals surface area contributed by atoms with Crippen LogP contribution >= 0.6 is 11.3 Å². The van der Waals surface area contributed by atoms with E-state index in [0.717, 1.165) is 33.6 Å². The van der Waals surface area contributed by atoms with Gasteiger partial charge in [-0.3, -0.25) is 14.2 Å². The Morgan fingerprint density at radius 2 is 1.82 bits per heavy atom. The zero-order chi connectivity index (χ0) is 27.3. The number of esters is 1. The summed E-state index contributed by atoms with van der Waals surface area (Å²) in [5.74, 6) is -1.60. The maximum absolute atomic E-state index is 13.2. The molecule has 0 radical (unpaired) electrons. The van der Waals surface area contributed by atoms with Gasteiger partial charge in [0, 0.05) is 19.5 Å². The fourth-order valence-corrected chi connectivity index (χ4v) is 4.71. The number of nitrogens with one attached hydrogen (secondary N) is 1. The third-order valence-corrected chi connectivity index (χ3v) is 7.20. The standard InChI is InChI=1S/C24H22FN5O6S2/c25-17-8-6-16(7-9-17)23(33)36-24-29-21-20(37-14-28-21)22(32)30(24)13-12-27-19(31)3-1-2-15-4-10-18(11-5-15)38(26,34)35/h4-11,14H,1-3,12-13H2,(H,27,31)(H2,26,34,35). The minimum atomic E-state index is -3.76. The van der Waals surface area contributed by atoms with Gasteiger partial charge in [-0.1, -0.05) is 12.1 Å². The van der Waals surface area contributed by atoms with Gasteiger partial charge >= 0.3 is 12.0 Å². The first-order chi connectivity index (χ1) is 18.1. The Morgan fingerprint density at radius 1 is 1.11 bits per heavy atom. The Balaban J connectivity index is 1.36. The van der Waals surface area contributed by atoms with E-state index >= 15 is 0 Å². The topological polar surface area (TPSA) is 163 Å². The number of nitrogens with zero attached hydrogens (tertiary/aromatic N) is 3. The van der Waals surface area contributed by atoms with E-state index in [9.17, 15) is 27.2 Å². The summed E-state index contributed by atoms with van der Waals surface area (Å²) in [4.78, 5) is 46.0. The van der Waals surface area contributed by atoms with Crippen LogP contribution in [0.4, 0.5) is 4.39 Å². The largest absolute Gasteiger partial charge is 0.388 e.